The van der Waals surface area contributed by atoms with E-state index in [1.165, 1.54) is 0 Å². The zero-order chi connectivity index (χ0) is 12.4. The van der Waals surface area contributed by atoms with Crippen LogP contribution in [0.25, 0.3) is 0 Å². The van der Waals surface area contributed by atoms with Crippen LogP contribution in [0.1, 0.15) is 17.2 Å². The van der Waals surface area contributed by atoms with E-state index in [1.807, 2.05) is 25.4 Å². The number of rotatable bonds is 3. The minimum atomic E-state index is -0.227. The fourth-order valence-electron chi connectivity index (χ4n) is 1.66. The lowest BCUT2D eigenvalue weighted by atomic mass is 10.0. The van der Waals surface area contributed by atoms with Crippen LogP contribution in [0.2, 0.25) is 5.02 Å². The summed E-state index contributed by atoms with van der Waals surface area (Å²) in [6.45, 7) is 0. The van der Waals surface area contributed by atoms with Gasteiger partial charge in [-0.25, -0.2) is 0 Å². The minimum absolute atomic E-state index is 0.227. The molecule has 0 aliphatic carbocycles. The second-order valence-corrected chi connectivity index (χ2v) is 4.23. The first-order valence-electron chi connectivity index (χ1n) is 5.19. The second-order valence-electron chi connectivity index (χ2n) is 3.82. The molecule has 0 saturated heterocycles. The monoisotopic (exact) mass is 251 g/mol. The average Bonchev–Trinajstić information content (AvgIpc) is 2.75. The van der Waals surface area contributed by atoms with Crippen LogP contribution in [-0.2, 0) is 7.05 Å². The van der Waals surface area contributed by atoms with Crippen LogP contribution in [0.15, 0.2) is 30.6 Å². The van der Waals surface area contributed by atoms with Crippen molar-refractivity contribution in [2.75, 3.05) is 7.11 Å². The summed E-state index contributed by atoms with van der Waals surface area (Å²) in [4.78, 5) is 0. The van der Waals surface area contributed by atoms with Gasteiger partial charge in [-0.15, -0.1) is 0 Å². The van der Waals surface area contributed by atoms with Gasteiger partial charge in [0.25, 0.3) is 0 Å². The summed E-state index contributed by atoms with van der Waals surface area (Å²) in [5, 5.41) is 4.68. The van der Waals surface area contributed by atoms with Crippen molar-refractivity contribution < 1.29 is 4.74 Å². The Balaban J connectivity index is 2.34. The van der Waals surface area contributed by atoms with Gasteiger partial charge in [0.05, 0.1) is 24.4 Å². The molecule has 2 rings (SSSR count). The molecule has 1 atom stereocenters. The Hall–Kier alpha value is -1.52. The zero-order valence-corrected chi connectivity index (χ0v) is 10.5. The van der Waals surface area contributed by atoms with Crippen molar-refractivity contribution in [1.82, 2.24) is 9.78 Å². The number of hydrogen-bond donors (Lipinski definition) is 1. The van der Waals surface area contributed by atoms with Crippen LogP contribution in [0, 0.1) is 0 Å². The van der Waals surface area contributed by atoms with Gasteiger partial charge in [-0.05, 0) is 17.7 Å². The molecule has 4 nitrogen and oxygen atoms in total. The molecule has 0 bridgehead atoms. The first-order chi connectivity index (χ1) is 8.11. The first-order valence-corrected chi connectivity index (χ1v) is 5.57. The molecule has 0 spiro atoms. The Morgan fingerprint density at radius 2 is 2.18 bits per heavy atom. The van der Waals surface area contributed by atoms with Gasteiger partial charge in [-0.3, -0.25) is 4.68 Å². The molecule has 0 fully saturated rings. The van der Waals surface area contributed by atoms with Crippen LogP contribution in [0.3, 0.4) is 0 Å². The molecule has 5 heteroatoms. The lowest BCUT2D eigenvalue weighted by Gasteiger charge is -2.12. The summed E-state index contributed by atoms with van der Waals surface area (Å²) >= 11 is 5.97. The van der Waals surface area contributed by atoms with Gasteiger partial charge >= 0.3 is 0 Å². The van der Waals surface area contributed by atoms with Crippen molar-refractivity contribution in [2.45, 2.75) is 6.04 Å². The maximum Gasteiger partial charge on any atom is 0.137 e. The van der Waals surface area contributed by atoms with Gasteiger partial charge in [0.15, 0.2) is 0 Å². The van der Waals surface area contributed by atoms with Gasteiger partial charge in [-0.1, -0.05) is 17.7 Å². The molecule has 1 aromatic heterocycles. The molecule has 17 heavy (non-hydrogen) atoms. The van der Waals surface area contributed by atoms with Gasteiger partial charge < -0.3 is 10.5 Å². The highest BCUT2D eigenvalue weighted by Crippen LogP contribution is 2.29. The molecule has 1 heterocycles. The van der Waals surface area contributed by atoms with Crippen molar-refractivity contribution in [3.63, 3.8) is 0 Å². The summed E-state index contributed by atoms with van der Waals surface area (Å²) in [6.07, 6.45) is 3.65. The summed E-state index contributed by atoms with van der Waals surface area (Å²) < 4.78 is 6.89. The van der Waals surface area contributed by atoms with Crippen LogP contribution in [-0.4, -0.2) is 16.9 Å². The van der Waals surface area contributed by atoms with E-state index in [-0.39, 0.29) is 6.04 Å². The Bertz CT molecular complexity index is 524. The van der Waals surface area contributed by atoms with E-state index < -0.39 is 0 Å². The predicted octanol–water partition coefficient (Wildman–Crippen LogP) is 2.13. The smallest absolute Gasteiger partial charge is 0.137 e. The van der Waals surface area contributed by atoms with Crippen LogP contribution < -0.4 is 10.5 Å². The van der Waals surface area contributed by atoms with E-state index >= 15 is 0 Å². The number of nitrogens with two attached hydrogens (primary N) is 1. The van der Waals surface area contributed by atoms with Crippen molar-refractivity contribution in [2.24, 2.45) is 12.8 Å². The summed E-state index contributed by atoms with van der Waals surface area (Å²) in [6, 6.07) is 5.30. The molecule has 0 radical (unpaired) electrons. The van der Waals surface area contributed by atoms with Crippen LogP contribution in [0.4, 0.5) is 0 Å². The van der Waals surface area contributed by atoms with E-state index in [4.69, 9.17) is 22.1 Å². The molecule has 2 aromatic rings. The molecular weight excluding hydrogens is 238 g/mol. The van der Waals surface area contributed by atoms with Crippen molar-refractivity contribution in [3.8, 4) is 5.75 Å². The van der Waals surface area contributed by atoms with E-state index in [9.17, 15) is 0 Å². The normalized spacial score (nSPS) is 12.5. The van der Waals surface area contributed by atoms with E-state index in [2.05, 4.69) is 5.10 Å². The fraction of sp³-hybridized carbons (Fsp3) is 0.250. The lowest BCUT2D eigenvalue weighted by Crippen LogP contribution is -2.11. The number of nitrogens with zero attached hydrogens (tertiary/aromatic N) is 2. The molecule has 1 unspecified atom stereocenters. The van der Waals surface area contributed by atoms with E-state index in [1.54, 1.807) is 24.1 Å². The molecular formula is C12H14ClN3O. The molecule has 0 aliphatic heterocycles. The van der Waals surface area contributed by atoms with Gasteiger partial charge in [0.2, 0.25) is 0 Å². The predicted molar refractivity (Wildman–Crippen MR) is 67.2 cm³/mol. The first kappa shape index (κ1) is 12.0. The third-order valence-electron chi connectivity index (χ3n) is 2.62. The van der Waals surface area contributed by atoms with Crippen LogP contribution in [0.5, 0.6) is 5.75 Å². The Morgan fingerprint density at radius 1 is 1.41 bits per heavy atom. The van der Waals surface area contributed by atoms with Gasteiger partial charge in [-0.2, -0.15) is 5.10 Å². The number of benzene rings is 1. The van der Waals surface area contributed by atoms with Crippen molar-refractivity contribution in [1.29, 1.82) is 0 Å². The Kier molecular flexibility index (Phi) is 3.36. The number of hydrogen-bond acceptors (Lipinski definition) is 3. The number of halogens is 1. The maximum absolute atomic E-state index is 6.15. The topological polar surface area (TPSA) is 53.1 Å². The molecule has 0 saturated carbocycles. The van der Waals surface area contributed by atoms with E-state index in [0.717, 1.165) is 11.1 Å². The summed E-state index contributed by atoms with van der Waals surface area (Å²) in [7, 11) is 3.44. The van der Waals surface area contributed by atoms with Gasteiger partial charge in [0, 0.05) is 18.8 Å². The number of ether oxygens (including phenoxy) is 1. The van der Waals surface area contributed by atoms with Crippen molar-refractivity contribution in [3.05, 3.63) is 46.7 Å². The van der Waals surface area contributed by atoms with Gasteiger partial charge in [0.1, 0.15) is 5.75 Å². The largest absolute Gasteiger partial charge is 0.495 e. The minimum Gasteiger partial charge on any atom is -0.495 e. The fourth-order valence-corrected chi connectivity index (χ4v) is 1.86. The SMILES string of the molecule is COc1cc(C(N)c2cnn(C)c2)ccc1Cl. The average molecular weight is 252 g/mol. The van der Waals surface area contributed by atoms with E-state index in [0.29, 0.717) is 10.8 Å². The number of aryl methyl sites for hydroxylation is 1. The third-order valence-corrected chi connectivity index (χ3v) is 2.93. The molecule has 0 amide bonds. The number of methoxy groups -OCH3 is 1. The zero-order valence-electron chi connectivity index (χ0n) is 9.72. The molecule has 90 valence electrons. The lowest BCUT2D eigenvalue weighted by molar-refractivity contribution is 0.414. The van der Waals surface area contributed by atoms with Crippen LogP contribution >= 0.6 is 11.6 Å². The Labute approximate surface area is 105 Å². The van der Waals surface area contributed by atoms with Crippen molar-refractivity contribution >= 4 is 11.6 Å². The standard InChI is InChI=1S/C12H14ClN3O/c1-16-7-9(6-15-16)12(14)8-3-4-10(13)11(5-8)17-2/h3-7,12H,14H2,1-2H3. The summed E-state index contributed by atoms with van der Waals surface area (Å²) in [5.41, 5.74) is 8.05. The highest BCUT2D eigenvalue weighted by molar-refractivity contribution is 6.32. The molecule has 1 aromatic carbocycles. The summed E-state index contributed by atoms with van der Waals surface area (Å²) in [5.74, 6) is 0.628. The maximum atomic E-state index is 6.15. The highest BCUT2D eigenvalue weighted by Gasteiger charge is 2.12. The number of aromatic nitrogens is 2. The third kappa shape index (κ3) is 2.43. The highest BCUT2D eigenvalue weighted by atomic mass is 35.5. The quantitative estimate of drug-likeness (QED) is 0.909. The second kappa shape index (κ2) is 4.77. The molecule has 0 aliphatic rings. The Morgan fingerprint density at radius 3 is 2.76 bits per heavy atom. The molecule has 2 N–H and O–H groups in total.